The van der Waals surface area contributed by atoms with Crippen LogP contribution in [0.3, 0.4) is 0 Å². The topological polar surface area (TPSA) is 48.0 Å². The van der Waals surface area contributed by atoms with Gasteiger partial charge in [-0.3, -0.25) is 4.79 Å². The Balaban J connectivity index is 2.41. The first-order chi connectivity index (χ1) is 8.09. The van der Waals surface area contributed by atoms with Gasteiger partial charge >= 0.3 is 4.87 Å². The van der Waals surface area contributed by atoms with Gasteiger partial charge in [0.15, 0.2) is 0 Å². The van der Waals surface area contributed by atoms with E-state index in [0.717, 1.165) is 11.3 Å². The Morgan fingerprint density at radius 1 is 1.53 bits per heavy atom. The fourth-order valence-electron chi connectivity index (χ4n) is 1.48. The van der Waals surface area contributed by atoms with Gasteiger partial charge in [-0.15, -0.1) is 0 Å². The summed E-state index contributed by atoms with van der Waals surface area (Å²) in [6.07, 6.45) is 1.62. The highest BCUT2D eigenvalue weighted by atomic mass is 32.1. The van der Waals surface area contributed by atoms with Gasteiger partial charge in [0.25, 0.3) is 0 Å². The number of benzene rings is 1. The molecule has 2 aromatic rings. The van der Waals surface area contributed by atoms with E-state index in [-0.39, 0.29) is 22.0 Å². The van der Waals surface area contributed by atoms with Crippen molar-refractivity contribution in [3.05, 3.63) is 56.4 Å². The molecule has 17 heavy (non-hydrogen) atoms. The minimum atomic E-state index is -0.460. The van der Waals surface area contributed by atoms with Crippen molar-refractivity contribution in [2.75, 3.05) is 0 Å². The van der Waals surface area contributed by atoms with E-state index in [1.165, 1.54) is 10.6 Å². The highest BCUT2D eigenvalue weighted by molar-refractivity contribution is 7.80. The smallest absolute Gasteiger partial charge is 0.307 e. The van der Waals surface area contributed by atoms with E-state index in [0.29, 0.717) is 5.56 Å². The minimum Gasteiger partial charge on any atom is -0.389 e. The van der Waals surface area contributed by atoms with Crippen LogP contribution < -0.4 is 10.6 Å². The van der Waals surface area contributed by atoms with Crippen molar-refractivity contribution in [1.82, 2.24) is 4.57 Å². The predicted molar refractivity (Wildman–Crippen MR) is 70.0 cm³/mol. The van der Waals surface area contributed by atoms with Crippen LogP contribution in [0.15, 0.2) is 34.6 Å². The molecular weight excluding hydrogens is 259 g/mol. The quantitative estimate of drug-likeness (QED) is 0.862. The first-order valence-corrected chi connectivity index (χ1v) is 6.09. The summed E-state index contributed by atoms with van der Waals surface area (Å²) >= 11 is 5.83. The molecule has 0 amide bonds. The molecule has 0 atom stereocenters. The van der Waals surface area contributed by atoms with Crippen LogP contribution in [0, 0.1) is 5.82 Å². The molecule has 2 N–H and O–H groups in total. The molecule has 1 aromatic heterocycles. The average molecular weight is 268 g/mol. The number of aromatic nitrogens is 1. The first kappa shape index (κ1) is 11.9. The molecule has 0 aliphatic rings. The van der Waals surface area contributed by atoms with E-state index < -0.39 is 5.82 Å². The molecule has 88 valence electrons. The third-order valence-electron chi connectivity index (χ3n) is 2.33. The Labute approximate surface area is 106 Å². The molecule has 0 saturated carbocycles. The molecule has 0 saturated heterocycles. The predicted octanol–water partition coefficient (Wildman–Crippen LogP) is 1.73. The Morgan fingerprint density at radius 3 is 2.88 bits per heavy atom. The fourth-order valence-corrected chi connectivity index (χ4v) is 2.23. The van der Waals surface area contributed by atoms with Crippen LogP contribution in [-0.4, -0.2) is 9.56 Å². The SMILES string of the molecule is NC(=S)c1cccc(Cn2ccsc2=O)c1F. The summed E-state index contributed by atoms with van der Waals surface area (Å²) < 4.78 is 15.4. The van der Waals surface area contributed by atoms with E-state index in [1.807, 2.05) is 0 Å². The lowest BCUT2D eigenvalue weighted by atomic mass is 10.1. The zero-order valence-electron chi connectivity index (χ0n) is 8.72. The fraction of sp³-hybridized carbons (Fsp3) is 0.0909. The van der Waals surface area contributed by atoms with Crippen LogP contribution in [-0.2, 0) is 6.54 Å². The lowest BCUT2D eigenvalue weighted by molar-refractivity contribution is 0.596. The third kappa shape index (κ3) is 2.42. The zero-order valence-corrected chi connectivity index (χ0v) is 10.4. The van der Waals surface area contributed by atoms with Gasteiger partial charge in [-0.05, 0) is 6.07 Å². The van der Waals surface area contributed by atoms with E-state index in [4.69, 9.17) is 18.0 Å². The van der Waals surface area contributed by atoms with Crippen molar-refractivity contribution in [2.45, 2.75) is 6.54 Å². The van der Waals surface area contributed by atoms with Crippen LogP contribution in [0.2, 0.25) is 0 Å². The molecule has 1 heterocycles. The summed E-state index contributed by atoms with van der Waals surface area (Å²) in [6.45, 7) is 0.185. The Morgan fingerprint density at radius 2 is 2.29 bits per heavy atom. The standard InChI is InChI=1S/C11H9FN2OS2/c12-9-7(2-1-3-8(9)10(13)16)6-14-4-5-17-11(14)15/h1-5H,6H2,(H2,13,16). The van der Waals surface area contributed by atoms with Gasteiger partial charge in [-0.25, -0.2) is 4.39 Å². The largest absolute Gasteiger partial charge is 0.389 e. The van der Waals surface area contributed by atoms with E-state index in [9.17, 15) is 9.18 Å². The summed E-state index contributed by atoms with van der Waals surface area (Å²) in [5.74, 6) is -0.460. The minimum absolute atomic E-state index is 0.0158. The molecule has 0 aliphatic carbocycles. The van der Waals surface area contributed by atoms with Gasteiger partial charge in [0.2, 0.25) is 0 Å². The molecule has 3 nitrogen and oxygen atoms in total. The van der Waals surface area contributed by atoms with Crippen LogP contribution in [0.4, 0.5) is 4.39 Å². The monoisotopic (exact) mass is 268 g/mol. The summed E-state index contributed by atoms with van der Waals surface area (Å²) in [7, 11) is 0. The second-order valence-corrected chi connectivity index (χ2v) is 4.74. The van der Waals surface area contributed by atoms with E-state index >= 15 is 0 Å². The number of rotatable bonds is 3. The van der Waals surface area contributed by atoms with Crippen molar-refractivity contribution in [1.29, 1.82) is 0 Å². The van der Waals surface area contributed by atoms with Gasteiger partial charge < -0.3 is 10.3 Å². The summed E-state index contributed by atoms with van der Waals surface area (Å²) in [5, 5.41) is 1.66. The Kier molecular flexibility index (Phi) is 3.35. The van der Waals surface area contributed by atoms with Gasteiger partial charge in [0, 0.05) is 22.7 Å². The Hall–Kier alpha value is -1.53. The van der Waals surface area contributed by atoms with Crippen molar-refractivity contribution in [3.8, 4) is 0 Å². The molecule has 0 radical (unpaired) electrons. The van der Waals surface area contributed by atoms with Crippen LogP contribution in [0.5, 0.6) is 0 Å². The number of nitrogens with two attached hydrogens (primary N) is 1. The highest BCUT2D eigenvalue weighted by Gasteiger charge is 2.10. The van der Waals surface area contributed by atoms with Crippen LogP contribution >= 0.6 is 23.6 Å². The second-order valence-electron chi connectivity index (χ2n) is 3.44. The van der Waals surface area contributed by atoms with Gasteiger partial charge in [-0.2, -0.15) is 0 Å². The van der Waals surface area contributed by atoms with E-state index in [2.05, 4.69) is 0 Å². The maximum absolute atomic E-state index is 14.0. The van der Waals surface area contributed by atoms with Gasteiger partial charge in [0.1, 0.15) is 10.8 Å². The van der Waals surface area contributed by atoms with Crippen molar-refractivity contribution in [3.63, 3.8) is 0 Å². The number of hydrogen-bond acceptors (Lipinski definition) is 3. The maximum atomic E-state index is 14.0. The molecule has 0 fully saturated rings. The summed E-state index contributed by atoms with van der Waals surface area (Å²) in [4.78, 5) is 11.3. The van der Waals surface area contributed by atoms with E-state index in [1.54, 1.807) is 23.7 Å². The molecule has 0 spiro atoms. The first-order valence-electron chi connectivity index (χ1n) is 4.80. The molecule has 1 aromatic carbocycles. The molecule has 0 unspecified atom stereocenters. The summed E-state index contributed by atoms with van der Waals surface area (Å²) in [5.41, 5.74) is 6.02. The lowest BCUT2D eigenvalue weighted by Crippen LogP contribution is -2.16. The molecule has 6 heteroatoms. The third-order valence-corrected chi connectivity index (χ3v) is 3.24. The number of nitrogens with zero attached hydrogens (tertiary/aromatic N) is 1. The van der Waals surface area contributed by atoms with Crippen molar-refractivity contribution >= 4 is 28.5 Å². The zero-order chi connectivity index (χ0) is 12.4. The highest BCUT2D eigenvalue weighted by Crippen LogP contribution is 2.14. The number of thiazole rings is 1. The van der Waals surface area contributed by atoms with Gasteiger partial charge in [0.05, 0.1) is 6.54 Å². The van der Waals surface area contributed by atoms with Crippen molar-refractivity contribution in [2.24, 2.45) is 5.73 Å². The molecule has 0 bridgehead atoms. The van der Waals surface area contributed by atoms with Gasteiger partial charge in [-0.1, -0.05) is 35.7 Å². The van der Waals surface area contributed by atoms with Crippen LogP contribution in [0.1, 0.15) is 11.1 Å². The summed E-state index contributed by atoms with van der Waals surface area (Å²) in [6, 6.07) is 4.81. The second kappa shape index (κ2) is 4.77. The molecular formula is C11H9FN2OS2. The normalized spacial score (nSPS) is 10.4. The number of hydrogen-bond donors (Lipinski definition) is 1. The average Bonchev–Trinajstić information content (AvgIpc) is 2.67. The maximum Gasteiger partial charge on any atom is 0.307 e. The molecule has 0 aliphatic heterocycles. The Bertz CT molecular complexity index is 618. The number of halogens is 1. The van der Waals surface area contributed by atoms with Crippen LogP contribution in [0.25, 0.3) is 0 Å². The molecule has 2 rings (SSSR count). The number of thiocarbonyl (C=S) groups is 1. The van der Waals surface area contributed by atoms with Crippen molar-refractivity contribution < 1.29 is 4.39 Å². The lowest BCUT2D eigenvalue weighted by Gasteiger charge is -2.07.